The molecule has 0 spiro atoms. The van der Waals surface area contributed by atoms with Gasteiger partial charge in [0.25, 0.3) is 5.69 Å². The predicted octanol–water partition coefficient (Wildman–Crippen LogP) is 3.72. The van der Waals surface area contributed by atoms with Crippen LogP contribution in [0.2, 0.25) is 0 Å². The molecule has 0 fully saturated rings. The molecule has 0 heterocycles. The molecular formula is C18H18F3N3O5S. The summed E-state index contributed by atoms with van der Waals surface area (Å²) < 4.78 is 64.0. The van der Waals surface area contributed by atoms with Gasteiger partial charge >= 0.3 is 6.18 Å². The first-order valence-corrected chi connectivity index (χ1v) is 10.3. The van der Waals surface area contributed by atoms with Gasteiger partial charge in [0, 0.05) is 17.8 Å². The van der Waals surface area contributed by atoms with Crippen molar-refractivity contribution in [2.45, 2.75) is 26.1 Å². The van der Waals surface area contributed by atoms with Crippen molar-refractivity contribution >= 4 is 33.0 Å². The molecule has 8 nitrogen and oxygen atoms in total. The topological polar surface area (TPSA) is 110 Å². The van der Waals surface area contributed by atoms with Crippen LogP contribution in [0.25, 0.3) is 0 Å². The molecule has 0 bridgehead atoms. The number of benzene rings is 2. The molecular weight excluding hydrogens is 427 g/mol. The number of aryl methyl sites for hydroxylation is 1. The van der Waals surface area contributed by atoms with Gasteiger partial charge in [0.1, 0.15) is 6.04 Å². The maximum atomic E-state index is 12.9. The number of halogens is 3. The van der Waals surface area contributed by atoms with Crippen LogP contribution in [0.3, 0.4) is 0 Å². The third-order valence-corrected chi connectivity index (χ3v) is 5.41. The van der Waals surface area contributed by atoms with Gasteiger partial charge in [0.05, 0.1) is 22.4 Å². The molecule has 0 aromatic heterocycles. The lowest BCUT2D eigenvalue weighted by atomic mass is 10.1. The molecule has 0 saturated carbocycles. The Morgan fingerprint density at radius 3 is 2.37 bits per heavy atom. The maximum absolute atomic E-state index is 12.9. The van der Waals surface area contributed by atoms with E-state index in [0.717, 1.165) is 24.5 Å². The molecule has 1 atom stereocenters. The summed E-state index contributed by atoms with van der Waals surface area (Å²) in [5, 5.41) is 13.3. The Morgan fingerprint density at radius 1 is 1.20 bits per heavy atom. The van der Waals surface area contributed by atoms with Gasteiger partial charge in [-0.1, -0.05) is 12.1 Å². The fourth-order valence-corrected chi connectivity index (χ4v) is 3.97. The molecule has 0 aliphatic rings. The maximum Gasteiger partial charge on any atom is 0.416 e. The quantitative estimate of drug-likeness (QED) is 0.538. The first-order valence-electron chi connectivity index (χ1n) is 8.44. The van der Waals surface area contributed by atoms with Crippen molar-refractivity contribution in [2.75, 3.05) is 15.9 Å². The number of alkyl halides is 3. The Morgan fingerprint density at radius 2 is 1.83 bits per heavy atom. The number of hydrogen-bond donors (Lipinski definition) is 1. The average Bonchev–Trinajstić information content (AvgIpc) is 2.61. The number of hydrogen-bond acceptors (Lipinski definition) is 5. The molecule has 30 heavy (non-hydrogen) atoms. The van der Waals surface area contributed by atoms with Crippen LogP contribution >= 0.6 is 0 Å². The van der Waals surface area contributed by atoms with E-state index in [1.54, 1.807) is 0 Å². The Bertz CT molecular complexity index is 1090. The van der Waals surface area contributed by atoms with Gasteiger partial charge in [-0.05, 0) is 37.6 Å². The average molecular weight is 445 g/mol. The van der Waals surface area contributed by atoms with E-state index in [-0.39, 0.29) is 17.1 Å². The highest BCUT2D eigenvalue weighted by atomic mass is 32.2. The third-order valence-electron chi connectivity index (χ3n) is 4.19. The van der Waals surface area contributed by atoms with Gasteiger partial charge in [-0.3, -0.25) is 19.2 Å². The van der Waals surface area contributed by atoms with Crippen LogP contribution in [0.5, 0.6) is 0 Å². The standard InChI is InChI=1S/C18H18F3N3O5S/c1-11-7-8-15(24(26)27)10-16(11)23(30(3,28)29)12(2)17(25)22-14-6-4-5-13(9-14)18(19,20)21/h4-10,12H,1-3H3,(H,22,25)/t12-/m0/s1. The number of nitrogens with zero attached hydrogens (tertiary/aromatic N) is 2. The van der Waals surface area contributed by atoms with Crippen LogP contribution in [0.15, 0.2) is 42.5 Å². The van der Waals surface area contributed by atoms with E-state index in [1.807, 2.05) is 0 Å². The number of nitro groups is 1. The van der Waals surface area contributed by atoms with E-state index in [1.165, 1.54) is 32.0 Å². The second kappa shape index (κ2) is 8.30. The summed E-state index contributed by atoms with van der Waals surface area (Å²) in [6.45, 7) is 2.73. The van der Waals surface area contributed by atoms with Crippen molar-refractivity contribution in [1.29, 1.82) is 0 Å². The molecule has 162 valence electrons. The number of nitro benzene ring substituents is 1. The number of carbonyl (C=O) groups is 1. The van der Waals surface area contributed by atoms with Gasteiger partial charge < -0.3 is 5.32 Å². The zero-order valence-electron chi connectivity index (χ0n) is 16.1. The van der Waals surface area contributed by atoms with Crippen LogP contribution < -0.4 is 9.62 Å². The van der Waals surface area contributed by atoms with Gasteiger partial charge in [0.2, 0.25) is 15.9 Å². The summed E-state index contributed by atoms with van der Waals surface area (Å²) in [7, 11) is -4.08. The highest BCUT2D eigenvalue weighted by molar-refractivity contribution is 7.92. The minimum Gasteiger partial charge on any atom is -0.324 e. The van der Waals surface area contributed by atoms with Crippen molar-refractivity contribution in [3.8, 4) is 0 Å². The van der Waals surface area contributed by atoms with Crippen molar-refractivity contribution in [1.82, 2.24) is 0 Å². The molecule has 2 aromatic rings. The second-order valence-corrected chi connectivity index (χ2v) is 8.39. The van der Waals surface area contributed by atoms with E-state index < -0.39 is 38.6 Å². The van der Waals surface area contributed by atoms with Gasteiger partial charge in [0.15, 0.2) is 0 Å². The van der Waals surface area contributed by atoms with E-state index >= 15 is 0 Å². The van der Waals surface area contributed by atoms with Crippen LogP contribution in [0, 0.1) is 17.0 Å². The number of non-ortho nitro benzene ring substituents is 1. The number of amides is 1. The molecule has 1 N–H and O–H groups in total. The normalized spacial score (nSPS) is 12.9. The fourth-order valence-electron chi connectivity index (χ4n) is 2.75. The van der Waals surface area contributed by atoms with Crippen molar-refractivity contribution in [2.24, 2.45) is 0 Å². The zero-order valence-corrected chi connectivity index (χ0v) is 16.9. The third kappa shape index (κ3) is 5.26. The van der Waals surface area contributed by atoms with Crippen molar-refractivity contribution in [3.63, 3.8) is 0 Å². The fraction of sp³-hybridized carbons (Fsp3) is 0.278. The lowest BCUT2D eigenvalue weighted by Gasteiger charge is -2.29. The largest absolute Gasteiger partial charge is 0.416 e. The summed E-state index contributed by atoms with van der Waals surface area (Å²) in [4.78, 5) is 23.0. The lowest BCUT2D eigenvalue weighted by Crippen LogP contribution is -2.45. The summed E-state index contributed by atoms with van der Waals surface area (Å²) in [5.74, 6) is -0.911. The van der Waals surface area contributed by atoms with E-state index in [2.05, 4.69) is 5.32 Å². The molecule has 1 amide bonds. The van der Waals surface area contributed by atoms with Crippen molar-refractivity contribution in [3.05, 3.63) is 63.7 Å². The highest BCUT2D eigenvalue weighted by Crippen LogP contribution is 2.32. The predicted molar refractivity (Wildman–Crippen MR) is 105 cm³/mol. The molecule has 0 unspecified atom stereocenters. The van der Waals surface area contributed by atoms with Crippen LogP contribution in [-0.2, 0) is 21.0 Å². The Balaban J connectivity index is 2.42. The Labute approximate surface area is 170 Å². The van der Waals surface area contributed by atoms with Gasteiger partial charge in [-0.25, -0.2) is 8.42 Å². The van der Waals surface area contributed by atoms with Gasteiger partial charge in [-0.15, -0.1) is 0 Å². The number of nitrogens with one attached hydrogen (secondary N) is 1. The van der Waals surface area contributed by atoms with Crippen LogP contribution in [0.4, 0.5) is 30.2 Å². The minimum atomic E-state index is -4.62. The molecule has 0 saturated heterocycles. The number of rotatable bonds is 6. The Kier molecular flexibility index (Phi) is 6.40. The van der Waals surface area contributed by atoms with E-state index in [9.17, 15) is 36.5 Å². The molecule has 0 aliphatic carbocycles. The molecule has 0 radical (unpaired) electrons. The summed E-state index contributed by atoms with van der Waals surface area (Å²) in [5.41, 5.74) is -1.27. The van der Waals surface area contributed by atoms with Crippen molar-refractivity contribution < 1.29 is 31.3 Å². The molecule has 12 heteroatoms. The van der Waals surface area contributed by atoms with Gasteiger partial charge in [-0.2, -0.15) is 13.2 Å². The number of anilines is 2. The minimum absolute atomic E-state index is 0.0848. The van der Waals surface area contributed by atoms with Crippen LogP contribution in [0.1, 0.15) is 18.1 Å². The SMILES string of the molecule is Cc1ccc([N+](=O)[O-])cc1N([C@@H](C)C(=O)Nc1cccc(C(F)(F)F)c1)S(C)(=O)=O. The molecule has 2 aromatic carbocycles. The molecule has 0 aliphatic heterocycles. The smallest absolute Gasteiger partial charge is 0.324 e. The Hall–Kier alpha value is -3.15. The monoisotopic (exact) mass is 445 g/mol. The zero-order chi connectivity index (χ0) is 22.9. The number of carbonyl (C=O) groups excluding carboxylic acids is 1. The van der Waals surface area contributed by atoms with Crippen LogP contribution in [-0.4, -0.2) is 31.5 Å². The van der Waals surface area contributed by atoms with E-state index in [0.29, 0.717) is 15.9 Å². The molecule has 2 rings (SSSR count). The number of sulfonamides is 1. The lowest BCUT2D eigenvalue weighted by molar-refractivity contribution is -0.384. The first kappa shape index (κ1) is 23.1. The first-order chi connectivity index (χ1) is 13.7. The summed E-state index contributed by atoms with van der Waals surface area (Å²) >= 11 is 0. The summed E-state index contributed by atoms with van der Waals surface area (Å²) in [6.07, 6.45) is -3.80. The second-order valence-electron chi connectivity index (χ2n) is 6.53. The van der Waals surface area contributed by atoms with E-state index in [4.69, 9.17) is 0 Å². The summed E-state index contributed by atoms with van der Waals surface area (Å²) in [6, 6.07) is 6.00. The highest BCUT2D eigenvalue weighted by Gasteiger charge is 2.33.